The fraction of sp³-hybridized carbons (Fsp3) is 0.0149. The number of nitrogens with zero attached hydrogens (tertiary/aromatic N) is 1. The van der Waals surface area contributed by atoms with Crippen LogP contribution in [0.3, 0.4) is 0 Å². The van der Waals surface area contributed by atoms with Crippen molar-refractivity contribution in [2.24, 2.45) is 0 Å². The van der Waals surface area contributed by atoms with Gasteiger partial charge in [-0.1, -0.05) is 243 Å². The maximum Gasteiger partial charge on any atom is 0.188 e. The molecule has 0 N–H and O–H groups in total. The molecule has 71 heavy (non-hydrogen) atoms. The molecule has 2 heterocycles. The summed E-state index contributed by atoms with van der Waals surface area (Å²) in [7, 11) is -6.22. The molecule has 2 aliphatic heterocycles. The number of rotatable bonds is 7. The Hall–Kier alpha value is -8.55. The molecular formula is C67H47NOSi2. The first-order valence-electron chi connectivity index (χ1n) is 24.7. The molecule has 0 saturated carbocycles. The van der Waals surface area contributed by atoms with Crippen LogP contribution in [0.2, 0.25) is 0 Å². The minimum Gasteiger partial charge on any atom is -0.458 e. The largest absolute Gasteiger partial charge is 0.458 e. The second-order valence-corrected chi connectivity index (χ2v) is 26.4. The van der Waals surface area contributed by atoms with Crippen LogP contribution < -0.4 is 51.1 Å². The molecule has 0 unspecified atom stereocenters. The summed E-state index contributed by atoms with van der Waals surface area (Å²) in [6.45, 7) is 0. The predicted octanol–water partition coefficient (Wildman–Crippen LogP) is 10.7. The Balaban J connectivity index is 1.13. The highest BCUT2D eigenvalue weighted by molar-refractivity contribution is 7.33. The third kappa shape index (κ3) is 5.74. The van der Waals surface area contributed by atoms with E-state index in [1.165, 1.54) is 74.9 Å². The van der Waals surface area contributed by atoms with Crippen LogP contribution >= 0.6 is 0 Å². The number of fused-ring (bicyclic) bond motifs is 11. The molecule has 0 aromatic heterocycles. The van der Waals surface area contributed by atoms with Gasteiger partial charge in [-0.05, 0) is 112 Å². The molecular weight excluding hydrogens is 891 g/mol. The van der Waals surface area contributed by atoms with E-state index in [2.05, 4.69) is 290 Å². The normalized spacial score (nSPS) is 14.6. The Morgan fingerprint density at radius 3 is 1.35 bits per heavy atom. The topological polar surface area (TPSA) is 12.5 Å². The summed E-state index contributed by atoms with van der Waals surface area (Å²) >= 11 is 0. The van der Waals surface area contributed by atoms with Crippen molar-refractivity contribution in [1.82, 2.24) is 0 Å². The van der Waals surface area contributed by atoms with Crippen LogP contribution in [-0.4, -0.2) is 16.1 Å². The van der Waals surface area contributed by atoms with Gasteiger partial charge in [0.1, 0.15) is 11.5 Å². The van der Waals surface area contributed by atoms with E-state index in [0.717, 1.165) is 28.6 Å². The molecule has 0 bridgehead atoms. The summed E-state index contributed by atoms with van der Waals surface area (Å²) < 4.78 is 6.92. The fourth-order valence-corrected chi connectivity index (χ4v) is 25.4. The van der Waals surface area contributed by atoms with Gasteiger partial charge in [0.2, 0.25) is 0 Å². The summed E-state index contributed by atoms with van der Waals surface area (Å²) in [5.41, 5.74) is 10.4. The third-order valence-electron chi connectivity index (χ3n) is 15.7. The quantitative estimate of drug-likeness (QED) is 0.148. The van der Waals surface area contributed by atoms with Crippen LogP contribution in [0.1, 0.15) is 22.3 Å². The lowest BCUT2D eigenvalue weighted by molar-refractivity contribution is 0.487. The zero-order chi connectivity index (χ0) is 47.0. The lowest BCUT2D eigenvalue weighted by Gasteiger charge is -2.50. The van der Waals surface area contributed by atoms with E-state index in [1.807, 2.05) is 0 Å². The standard InChI is InChI=1S/C67H47NOSi2/c1-6-25-48(26-7-1)67(49-27-8-2-9-28-49)55-36-17-16-35-54(55)66-56(67)37-24-38-57(66)68(50-29-10-3-11-30-50)51-45-46-64-65(47-51)70(52-31-12-4-13-32-52,53-33-14-5-15-34-53)62-43-22-23-44-63(62)71(64)60-41-20-18-39-58(60)69-59-40-19-21-42-61(59)71/h1-47H. The number of benzene rings is 11. The number of para-hydroxylation sites is 3. The fourth-order valence-electron chi connectivity index (χ4n) is 13.1. The molecule has 3 aliphatic rings. The Labute approximate surface area is 417 Å². The number of ether oxygens (including phenoxy) is 1. The molecule has 0 atom stereocenters. The molecule has 2 nitrogen and oxygen atoms in total. The van der Waals surface area contributed by atoms with Crippen molar-refractivity contribution in [3.8, 4) is 22.6 Å². The average Bonchev–Trinajstić information content (AvgIpc) is 3.76. The van der Waals surface area contributed by atoms with Gasteiger partial charge in [-0.3, -0.25) is 0 Å². The first kappa shape index (κ1) is 41.4. The van der Waals surface area contributed by atoms with Gasteiger partial charge in [0.25, 0.3) is 0 Å². The predicted molar refractivity (Wildman–Crippen MR) is 299 cm³/mol. The number of hydrogen-bond acceptors (Lipinski definition) is 2. The summed E-state index contributed by atoms with van der Waals surface area (Å²) in [5, 5.41) is 11.0. The summed E-state index contributed by atoms with van der Waals surface area (Å²) in [5.74, 6) is 1.89. The van der Waals surface area contributed by atoms with Crippen LogP contribution in [0.15, 0.2) is 285 Å². The Kier molecular flexibility index (Phi) is 9.50. The van der Waals surface area contributed by atoms with Crippen molar-refractivity contribution in [2.45, 2.75) is 5.41 Å². The van der Waals surface area contributed by atoms with Gasteiger partial charge in [-0.15, -0.1) is 0 Å². The van der Waals surface area contributed by atoms with Crippen LogP contribution in [0.5, 0.6) is 11.5 Å². The molecule has 11 aromatic carbocycles. The molecule has 0 saturated heterocycles. The molecule has 4 heteroatoms. The monoisotopic (exact) mass is 937 g/mol. The van der Waals surface area contributed by atoms with Gasteiger partial charge in [0, 0.05) is 16.9 Å². The van der Waals surface area contributed by atoms with Crippen LogP contribution in [0.25, 0.3) is 11.1 Å². The van der Waals surface area contributed by atoms with Crippen LogP contribution in [0, 0.1) is 0 Å². The van der Waals surface area contributed by atoms with E-state index in [9.17, 15) is 0 Å². The molecule has 1 aliphatic carbocycles. The van der Waals surface area contributed by atoms with Gasteiger partial charge in [-0.2, -0.15) is 0 Å². The molecule has 334 valence electrons. The van der Waals surface area contributed by atoms with Gasteiger partial charge < -0.3 is 9.64 Å². The van der Waals surface area contributed by atoms with Crippen molar-refractivity contribution >= 4 is 74.7 Å². The average molecular weight is 938 g/mol. The maximum absolute atomic E-state index is 6.92. The lowest BCUT2D eigenvalue weighted by atomic mass is 9.68. The molecule has 14 rings (SSSR count). The van der Waals surface area contributed by atoms with E-state index >= 15 is 0 Å². The second kappa shape index (κ2) is 16.3. The maximum atomic E-state index is 6.92. The highest BCUT2D eigenvalue weighted by atomic mass is 28.3. The zero-order valence-electron chi connectivity index (χ0n) is 39.0. The van der Waals surface area contributed by atoms with Gasteiger partial charge in [0.05, 0.1) is 11.1 Å². The van der Waals surface area contributed by atoms with Crippen molar-refractivity contribution < 1.29 is 4.74 Å². The molecule has 1 spiro atoms. The van der Waals surface area contributed by atoms with Crippen LogP contribution in [0.4, 0.5) is 17.1 Å². The Morgan fingerprint density at radius 2 is 0.761 bits per heavy atom. The first-order chi connectivity index (χ1) is 35.2. The van der Waals surface area contributed by atoms with Crippen molar-refractivity contribution in [3.63, 3.8) is 0 Å². The molecule has 0 amide bonds. The molecule has 0 radical (unpaired) electrons. The summed E-state index contributed by atoms with van der Waals surface area (Å²) in [6.07, 6.45) is 0. The van der Waals surface area contributed by atoms with E-state index < -0.39 is 21.6 Å². The van der Waals surface area contributed by atoms with Crippen molar-refractivity contribution in [1.29, 1.82) is 0 Å². The highest BCUT2D eigenvalue weighted by Gasteiger charge is 2.59. The second-order valence-electron chi connectivity index (χ2n) is 19.0. The van der Waals surface area contributed by atoms with E-state index in [-0.39, 0.29) is 0 Å². The first-order valence-corrected chi connectivity index (χ1v) is 28.7. The van der Waals surface area contributed by atoms with Gasteiger partial charge in [-0.25, -0.2) is 0 Å². The molecule has 0 fully saturated rings. The minimum atomic E-state index is -3.13. The van der Waals surface area contributed by atoms with Crippen molar-refractivity contribution in [2.75, 3.05) is 4.90 Å². The number of anilines is 3. The summed E-state index contributed by atoms with van der Waals surface area (Å²) in [4.78, 5) is 2.55. The van der Waals surface area contributed by atoms with E-state index in [1.54, 1.807) is 0 Å². The SMILES string of the molecule is c1ccc(N(c2ccc3c(c2)[Si](c2ccccc2)(c2ccccc2)c2ccccc2[Si]32c3ccccc3Oc3ccccc32)c2cccc3c2-c2ccccc2C3(c2ccccc2)c2ccccc2)cc1. The minimum absolute atomic E-state index is 0.545. The van der Waals surface area contributed by atoms with E-state index in [0.29, 0.717) is 0 Å². The van der Waals surface area contributed by atoms with Crippen molar-refractivity contribution in [3.05, 3.63) is 307 Å². The highest BCUT2D eigenvalue weighted by Crippen LogP contribution is 2.59. The lowest BCUT2D eigenvalue weighted by Crippen LogP contribution is -2.93. The molecule has 11 aromatic rings. The van der Waals surface area contributed by atoms with Crippen LogP contribution in [-0.2, 0) is 5.41 Å². The third-order valence-corrected chi connectivity index (χ3v) is 26.0. The number of hydrogen-bond donors (Lipinski definition) is 0. The Morgan fingerprint density at radius 1 is 0.310 bits per heavy atom. The summed E-state index contributed by atoms with van der Waals surface area (Å²) in [6, 6.07) is 107. The Bertz CT molecular complexity index is 3680. The zero-order valence-corrected chi connectivity index (χ0v) is 41.0. The van der Waals surface area contributed by atoms with Gasteiger partial charge in [0.15, 0.2) is 16.1 Å². The van der Waals surface area contributed by atoms with Gasteiger partial charge >= 0.3 is 0 Å². The smallest absolute Gasteiger partial charge is 0.188 e. The van der Waals surface area contributed by atoms with E-state index in [4.69, 9.17) is 4.74 Å².